The summed E-state index contributed by atoms with van der Waals surface area (Å²) in [4.78, 5) is 24.9. The molecule has 2 unspecified atom stereocenters. The van der Waals surface area contributed by atoms with Crippen molar-refractivity contribution in [3.8, 4) is 0 Å². The molecule has 0 heterocycles. The quantitative estimate of drug-likeness (QED) is 0.492. The summed E-state index contributed by atoms with van der Waals surface area (Å²) < 4.78 is 5.63. The van der Waals surface area contributed by atoms with E-state index in [0.29, 0.717) is 37.5 Å². The predicted octanol–water partition coefficient (Wildman–Crippen LogP) is 3.52. The van der Waals surface area contributed by atoms with E-state index in [-0.39, 0.29) is 23.6 Å². The molecule has 0 bridgehead atoms. The minimum atomic E-state index is -0.606. The summed E-state index contributed by atoms with van der Waals surface area (Å²) in [5.41, 5.74) is 0. The van der Waals surface area contributed by atoms with Crippen LogP contribution in [0, 0.1) is 17.2 Å². The smallest absolute Gasteiger partial charge is 0.146 e. The van der Waals surface area contributed by atoms with Crippen molar-refractivity contribution in [1.82, 2.24) is 0 Å². The number of carbonyl (C=O) groups excluding carboxylic acids is 2. The molecule has 0 saturated heterocycles. The lowest BCUT2D eigenvalue weighted by Crippen LogP contribution is -2.42. The Kier molecular flexibility index (Phi) is 8.95. The van der Waals surface area contributed by atoms with Gasteiger partial charge in [-0.15, -0.1) is 0 Å². The molecule has 0 aromatic carbocycles. The van der Waals surface area contributed by atoms with Crippen LogP contribution in [-0.4, -0.2) is 41.5 Å². The fourth-order valence-electron chi connectivity index (χ4n) is 3.29. The van der Waals surface area contributed by atoms with Gasteiger partial charge in [0.1, 0.15) is 17.5 Å². The Balaban J connectivity index is 2.66. The second kappa shape index (κ2) is 10.2. The summed E-state index contributed by atoms with van der Waals surface area (Å²) in [6.07, 6.45) is 4.02. The van der Waals surface area contributed by atoms with Crippen LogP contribution in [0.4, 0.5) is 0 Å². The highest BCUT2D eigenvalue weighted by atomic mass is 32.2. The maximum Gasteiger partial charge on any atom is 0.146 e. The molecular formula is C17H29NO3S. The van der Waals surface area contributed by atoms with Gasteiger partial charge >= 0.3 is 0 Å². The Morgan fingerprint density at radius 2 is 1.95 bits per heavy atom. The first kappa shape index (κ1) is 19.4. The highest BCUT2D eigenvalue weighted by Crippen LogP contribution is 2.32. The van der Waals surface area contributed by atoms with Crippen molar-refractivity contribution >= 4 is 29.5 Å². The van der Waals surface area contributed by atoms with Crippen molar-refractivity contribution in [1.29, 1.82) is 5.41 Å². The number of thioether (sulfide) groups is 1. The highest BCUT2D eigenvalue weighted by Gasteiger charge is 2.40. The van der Waals surface area contributed by atoms with Gasteiger partial charge in [-0.1, -0.05) is 13.8 Å². The van der Waals surface area contributed by atoms with Crippen LogP contribution in [-0.2, 0) is 14.3 Å². The molecule has 0 radical (unpaired) electrons. The zero-order valence-electron chi connectivity index (χ0n) is 14.0. The van der Waals surface area contributed by atoms with E-state index in [1.807, 2.05) is 18.7 Å². The Morgan fingerprint density at radius 1 is 1.32 bits per heavy atom. The minimum absolute atomic E-state index is 0.0402. The third-order valence-electron chi connectivity index (χ3n) is 4.14. The van der Waals surface area contributed by atoms with Gasteiger partial charge in [0.25, 0.3) is 0 Å². The molecule has 1 aliphatic rings. The summed E-state index contributed by atoms with van der Waals surface area (Å²) in [5, 5.41) is 7.63. The first-order chi connectivity index (χ1) is 10.5. The molecule has 1 rings (SSSR count). The lowest BCUT2D eigenvalue weighted by Gasteiger charge is -2.32. The van der Waals surface area contributed by atoms with Crippen LogP contribution < -0.4 is 0 Å². The lowest BCUT2D eigenvalue weighted by molar-refractivity contribution is -0.144. The van der Waals surface area contributed by atoms with Crippen molar-refractivity contribution in [2.75, 3.05) is 12.4 Å². The molecule has 0 aliphatic heterocycles. The zero-order valence-corrected chi connectivity index (χ0v) is 14.8. The molecule has 4 nitrogen and oxygen atoms in total. The van der Waals surface area contributed by atoms with E-state index in [2.05, 4.69) is 13.8 Å². The van der Waals surface area contributed by atoms with Gasteiger partial charge in [0.2, 0.25) is 0 Å². The van der Waals surface area contributed by atoms with Crippen molar-refractivity contribution in [2.24, 2.45) is 11.8 Å². The zero-order chi connectivity index (χ0) is 16.5. The van der Waals surface area contributed by atoms with Gasteiger partial charge in [0, 0.05) is 24.7 Å². The fraction of sp³-hybridized carbons (Fsp3) is 0.824. The van der Waals surface area contributed by atoms with Gasteiger partial charge in [0.15, 0.2) is 0 Å². The summed E-state index contributed by atoms with van der Waals surface area (Å²) in [7, 11) is 0. The van der Waals surface area contributed by atoms with E-state index in [4.69, 9.17) is 10.1 Å². The van der Waals surface area contributed by atoms with Crippen LogP contribution in [0.5, 0.6) is 0 Å². The van der Waals surface area contributed by atoms with Crippen LogP contribution in [0.15, 0.2) is 0 Å². The third kappa shape index (κ3) is 5.84. The number of hydrogen-bond donors (Lipinski definition) is 1. The molecular weight excluding hydrogens is 298 g/mol. The fourth-order valence-corrected chi connectivity index (χ4v) is 4.26. The van der Waals surface area contributed by atoms with Crippen LogP contribution in [0.3, 0.4) is 0 Å². The van der Waals surface area contributed by atoms with Gasteiger partial charge < -0.3 is 10.1 Å². The number of ketones is 2. The second-order valence-corrected chi connectivity index (χ2v) is 7.68. The Hall–Kier alpha value is -0.680. The Labute approximate surface area is 138 Å². The molecule has 0 amide bonds. The standard InChI is InChI=1S/C17H29NO3S/c1-4-21-16(7-6-8-18)17-14(19)10-13(11-15(17)20)9-12(3)22-5-2/h8,12-13,16-18H,4-7,9-11H2,1-3H3. The number of carbonyl (C=O) groups is 2. The molecule has 1 saturated carbocycles. The topological polar surface area (TPSA) is 67.2 Å². The van der Waals surface area contributed by atoms with Crippen molar-refractivity contribution in [3.05, 3.63) is 0 Å². The second-order valence-electron chi connectivity index (χ2n) is 5.96. The lowest BCUT2D eigenvalue weighted by atomic mass is 9.75. The maximum atomic E-state index is 12.5. The molecule has 1 fully saturated rings. The molecule has 22 heavy (non-hydrogen) atoms. The molecule has 1 aliphatic carbocycles. The van der Waals surface area contributed by atoms with Gasteiger partial charge in [0.05, 0.1) is 6.10 Å². The van der Waals surface area contributed by atoms with E-state index in [0.717, 1.165) is 12.2 Å². The Bertz CT molecular complexity index is 368. The number of rotatable bonds is 10. The molecule has 5 heteroatoms. The number of ether oxygens (including phenoxy) is 1. The number of hydrogen-bond acceptors (Lipinski definition) is 5. The summed E-state index contributed by atoms with van der Waals surface area (Å²) in [6, 6.07) is 0. The monoisotopic (exact) mass is 327 g/mol. The van der Waals surface area contributed by atoms with Crippen molar-refractivity contribution in [3.63, 3.8) is 0 Å². The Morgan fingerprint density at radius 3 is 2.45 bits per heavy atom. The first-order valence-electron chi connectivity index (χ1n) is 8.30. The highest BCUT2D eigenvalue weighted by molar-refractivity contribution is 7.99. The van der Waals surface area contributed by atoms with Crippen molar-refractivity contribution < 1.29 is 14.3 Å². The van der Waals surface area contributed by atoms with Gasteiger partial charge in [-0.2, -0.15) is 11.8 Å². The van der Waals surface area contributed by atoms with Crippen molar-refractivity contribution in [2.45, 2.75) is 64.2 Å². The SMILES string of the molecule is CCOC(CCC=N)C1C(=O)CC(CC(C)SCC)CC1=O. The van der Waals surface area contributed by atoms with Gasteiger partial charge in [-0.25, -0.2) is 0 Å². The molecule has 2 atom stereocenters. The van der Waals surface area contributed by atoms with E-state index in [1.165, 1.54) is 6.21 Å². The number of Topliss-reactive ketones (excluding diaryl/α,β-unsaturated/α-hetero) is 2. The van der Waals surface area contributed by atoms with E-state index in [9.17, 15) is 9.59 Å². The molecule has 0 aromatic heterocycles. The average molecular weight is 327 g/mol. The summed E-state index contributed by atoms with van der Waals surface area (Å²) in [5.74, 6) is 0.728. The van der Waals surface area contributed by atoms with E-state index in [1.54, 1.807) is 0 Å². The first-order valence-corrected chi connectivity index (χ1v) is 9.35. The summed E-state index contributed by atoms with van der Waals surface area (Å²) in [6.45, 7) is 6.67. The predicted molar refractivity (Wildman–Crippen MR) is 91.9 cm³/mol. The number of nitrogens with one attached hydrogen (secondary N) is 1. The van der Waals surface area contributed by atoms with Crippen LogP contribution >= 0.6 is 11.8 Å². The molecule has 0 aromatic rings. The van der Waals surface area contributed by atoms with Crippen LogP contribution in [0.2, 0.25) is 0 Å². The normalized spacial score (nSPS) is 25.0. The summed E-state index contributed by atoms with van der Waals surface area (Å²) >= 11 is 1.88. The minimum Gasteiger partial charge on any atom is -0.377 e. The van der Waals surface area contributed by atoms with Crippen LogP contribution in [0.25, 0.3) is 0 Å². The van der Waals surface area contributed by atoms with Crippen LogP contribution in [0.1, 0.15) is 52.9 Å². The van der Waals surface area contributed by atoms with Gasteiger partial charge in [-0.05, 0) is 44.1 Å². The van der Waals surface area contributed by atoms with E-state index >= 15 is 0 Å². The largest absolute Gasteiger partial charge is 0.377 e. The molecule has 1 N–H and O–H groups in total. The van der Waals surface area contributed by atoms with E-state index < -0.39 is 5.92 Å². The third-order valence-corrected chi connectivity index (χ3v) is 5.23. The average Bonchev–Trinajstić information content (AvgIpc) is 2.44. The molecule has 0 spiro atoms. The maximum absolute atomic E-state index is 12.5. The molecule has 126 valence electrons. The van der Waals surface area contributed by atoms with Gasteiger partial charge in [-0.3, -0.25) is 9.59 Å².